The second kappa shape index (κ2) is 4.34. The summed E-state index contributed by atoms with van der Waals surface area (Å²) in [6.45, 7) is 0.621. The van der Waals surface area contributed by atoms with Crippen LogP contribution in [0.2, 0.25) is 0 Å². The maximum Gasteiger partial charge on any atom is 0.419 e. The molecule has 3 aromatic rings. The van der Waals surface area contributed by atoms with Crippen LogP contribution in [0.25, 0.3) is 11.1 Å². The molecule has 0 radical (unpaired) electrons. The highest BCUT2D eigenvalue weighted by Gasteiger charge is 2.09. The summed E-state index contributed by atoms with van der Waals surface area (Å²) in [6, 6.07) is 9.36. The Bertz CT molecular complexity index is 725. The van der Waals surface area contributed by atoms with Crippen LogP contribution in [-0.4, -0.2) is 4.57 Å². The Labute approximate surface area is 107 Å². The Hall–Kier alpha value is -2.01. The van der Waals surface area contributed by atoms with Gasteiger partial charge in [0, 0.05) is 23.2 Å². The molecule has 0 atom stereocenters. The second-order valence-electron chi connectivity index (χ2n) is 4.08. The van der Waals surface area contributed by atoms with Crippen molar-refractivity contribution in [1.82, 2.24) is 4.57 Å². The first-order valence-electron chi connectivity index (χ1n) is 5.65. The molecule has 0 saturated carbocycles. The smallest absolute Gasteiger partial charge is 0.408 e. The molecule has 0 bridgehead atoms. The van der Waals surface area contributed by atoms with Crippen LogP contribution in [0.5, 0.6) is 0 Å². The molecule has 0 unspecified atom stereocenters. The van der Waals surface area contributed by atoms with E-state index in [0.29, 0.717) is 17.8 Å². The van der Waals surface area contributed by atoms with Gasteiger partial charge in [-0.25, -0.2) is 4.79 Å². The Morgan fingerprint density at radius 3 is 3.00 bits per heavy atom. The molecule has 0 aliphatic rings. The number of nitrogen functional groups attached to an aromatic ring is 1. The third kappa shape index (κ3) is 1.93. The van der Waals surface area contributed by atoms with Gasteiger partial charge in [0.25, 0.3) is 0 Å². The number of anilines is 1. The third-order valence-corrected chi connectivity index (χ3v) is 3.79. The number of thiophene rings is 1. The van der Waals surface area contributed by atoms with Gasteiger partial charge in [0.1, 0.15) is 0 Å². The summed E-state index contributed by atoms with van der Waals surface area (Å²) < 4.78 is 6.83. The highest BCUT2D eigenvalue weighted by Crippen LogP contribution is 2.17. The predicted octanol–water partition coefficient (Wildman–Crippen LogP) is 2.48. The van der Waals surface area contributed by atoms with E-state index in [1.54, 1.807) is 28.0 Å². The zero-order valence-corrected chi connectivity index (χ0v) is 10.4. The molecule has 1 aromatic carbocycles. The number of oxazole rings is 1. The molecule has 0 saturated heterocycles. The minimum Gasteiger partial charge on any atom is -0.408 e. The molecule has 5 heteroatoms. The first-order valence-corrected chi connectivity index (χ1v) is 6.53. The zero-order chi connectivity index (χ0) is 12.5. The number of benzene rings is 1. The van der Waals surface area contributed by atoms with Crippen LogP contribution in [0.4, 0.5) is 5.69 Å². The monoisotopic (exact) mass is 260 g/mol. The van der Waals surface area contributed by atoms with E-state index in [0.717, 1.165) is 11.9 Å². The first-order chi connectivity index (χ1) is 8.74. The Morgan fingerprint density at radius 2 is 2.22 bits per heavy atom. The van der Waals surface area contributed by atoms with Crippen molar-refractivity contribution in [3.63, 3.8) is 0 Å². The van der Waals surface area contributed by atoms with Crippen molar-refractivity contribution < 1.29 is 4.42 Å². The minimum absolute atomic E-state index is 0.327. The number of fused-ring (bicyclic) bond motifs is 1. The number of aromatic nitrogens is 1. The molecule has 2 N–H and O–H groups in total. The molecule has 92 valence electrons. The van der Waals surface area contributed by atoms with Crippen molar-refractivity contribution in [2.45, 2.75) is 13.0 Å². The SMILES string of the molecule is Nc1ccc2c(c1)oc(=O)n2CCc1cccs1. The molecule has 0 aliphatic heterocycles. The van der Waals surface area contributed by atoms with Gasteiger partial charge in [0.2, 0.25) is 0 Å². The predicted molar refractivity (Wildman–Crippen MR) is 72.9 cm³/mol. The average molecular weight is 260 g/mol. The van der Waals surface area contributed by atoms with Gasteiger partial charge < -0.3 is 10.2 Å². The summed E-state index contributed by atoms with van der Waals surface area (Å²) >= 11 is 1.69. The van der Waals surface area contributed by atoms with Crippen molar-refractivity contribution in [3.8, 4) is 0 Å². The Morgan fingerprint density at radius 1 is 1.33 bits per heavy atom. The van der Waals surface area contributed by atoms with Crippen molar-refractivity contribution in [2.24, 2.45) is 0 Å². The fraction of sp³-hybridized carbons (Fsp3) is 0.154. The van der Waals surface area contributed by atoms with E-state index in [1.807, 2.05) is 17.5 Å². The normalized spacial score (nSPS) is 11.1. The maximum atomic E-state index is 11.8. The fourth-order valence-electron chi connectivity index (χ4n) is 1.97. The van der Waals surface area contributed by atoms with E-state index in [4.69, 9.17) is 10.2 Å². The van der Waals surface area contributed by atoms with E-state index in [9.17, 15) is 4.79 Å². The molecule has 0 fully saturated rings. The number of hydrogen-bond donors (Lipinski definition) is 1. The molecular formula is C13H12N2O2S. The highest BCUT2D eigenvalue weighted by atomic mass is 32.1. The van der Waals surface area contributed by atoms with Gasteiger partial charge in [0.05, 0.1) is 5.52 Å². The lowest BCUT2D eigenvalue weighted by Gasteiger charge is -2.00. The number of nitrogens with two attached hydrogens (primary N) is 1. The molecule has 2 heterocycles. The molecule has 0 aliphatic carbocycles. The van der Waals surface area contributed by atoms with Crippen LogP contribution in [0, 0.1) is 0 Å². The summed E-state index contributed by atoms with van der Waals surface area (Å²) in [6.07, 6.45) is 0.830. The molecule has 0 spiro atoms. The molecule has 0 amide bonds. The van der Waals surface area contributed by atoms with Crippen LogP contribution in [0.15, 0.2) is 44.9 Å². The van der Waals surface area contributed by atoms with Gasteiger partial charge in [-0.2, -0.15) is 0 Å². The van der Waals surface area contributed by atoms with Crippen molar-refractivity contribution in [1.29, 1.82) is 0 Å². The maximum absolute atomic E-state index is 11.8. The van der Waals surface area contributed by atoms with Crippen molar-refractivity contribution in [3.05, 3.63) is 51.1 Å². The Balaban J connectivity index is 1.96. The van der Waals surface area contributed by atoms with Crippen molar-refractivity contribution >= 4 is 28.1 Å². The van der Waals surface area contributed by atoms with Gasteiger partial charge in [-0.05, 0) is 30.0 Å². The standard InChI is InChI=1S/C13H12N2O2S/c14-9-3-4-11-12(8-9)17-13(16)15(11)6-5-10-2-1-7-18-10/h1-4,7-8H,5-6,14H2. The lowest BCUT2D eigenvalue weighted by molar-refractivity contribution is 0.506. The average Bonchev–Trinajstić information content (AvgIpc) is 2.93. The van der Waals surface area contributed by atoms with E-state index in [-0.39, 0.29) is 5.76 Å². The summed E-state index contributed by atoms with van der Waals surface area (Å²) in [4.78, 5) is 13.0. The van der Waals surface area contributed by atoms with E-state index >= 15 is 0 Å². The quantitative estimate of drug-likeness (QED) is 0.736. The minimum atomic E-state index is -0.327. The molecule has 2 aromatic heterocycles. The van der Waals surface area contributed by atoms with Gasteiger partial charge in [-0.1, -0.05) is 6.07 Å². The lowest BCUT2D eigenvalue weighted by atomic mass is 10.3. The van der Waals surface area contributed by atoms with Crippen LogP contribution in [-0.2, 0) is 13.0 Å². The summed E-state index contributed by atoms with van der Waals surface area (Å²) in [5.41, 5.74) is 7.61. The molecule has 3 rings (SSSR count). The van der Waals surface area contributed by atoms with E-state index in [2.05, 4.69) is 6.07 Å². The van der Waals surface area contributed by atoms with E-state index in [1.165, 1.54) is 4.88 Å². The van der Waals surface area contributed by atoms with Gasteiger partial charge in [0.15, 0.2) is 5.58 Å². The first kappa shape index (κ1) is 11.1. The van der Waals surface area contributed by atoms with E-state index < -0.39 is 0 Å². The van der Waals surface area contributed by atoms with Crippen LogP contribution in [0.3, 0.4) is 0 Å². The fourth-order valence-corrected chi connectivity index (χ4v) is 2.67. The number of rotatable bonds is 3. The number of nitrogens with zero attached hydrogens (tertiary/aromatic N) is 1. The zero-order valence-electron chi connectivity index (χ0n) is 9.63. The van der Waals surface area contributed by atoms with Crippen molar-refractivity contribution in [2.75, 3.05) is 5.73 Å². The highest BCUT2D eigenvalue weighted by molar-refractivity contribution is 7.09. The number of aryl methyl sites for hydroxylation is 2. The number of hydrogen-bond acceptors (Lipinski definition) is 4. The van der Waals surface area contributed by atoms with Crippen LogP contribution in [0.1, 0.15) is 4.88 Å². The van der Waals surface area contributed by atoms with Gasteiger partial charge in [-0.15, -0.1) is 11.3 Å². The summed E-state index contributed by atoms with van der Waals surface area (Å²) in [5.74, 6) is -0.327. The van der Waals surface area contributed by atoms with Gasteiger partial charge in [-0.3, -0.25) is 4.57 Å². The topological polar surface area (TPSA) is 61.2 Å². The van der Waals surface area contributed by atoms with Crippen LogP contribution < -0.4 is 11.5 Å². The summed E-state index contributed by atoms with van der Waals surface area (Å²) in [7, 11) is 0. The van der Waals surface area contributed by atoms with Crippen LogP contribution >= 0.6 is 11.3 Å². The Kier molecular flexibility index (Phi) is 2.68. The molecule has 18 heavy (non-hydrogen) atoms. The molecular weight excluding hydrogens is 248 g/mol. The summed E-state index contributed by atoms with van der Waals surface area (Å²) in [5, 5.41) is 2.03. The third-order valence-electron chi connectivity index (χ3n) is 2.85. The largest absolute Gasteiger partial charge is 0.419 e. The molecule has 4 nitrogen and oxygen atoms in total. The van der Waals surface area contributed by atoms with Gasteiger partial charge >= 0.3 is 5.76 Å². The second-order valence-corrected chi connectivity index (χ2v) is 5.11. The lowest BCUT2D eigenvalue weighted by Crippen LogP contribution is -2.15.